The summed E-state index contributed by atoms with van der Waals surface area (Å²) in [6.45, 7) is 1.62. The molecule has 0 saturated heterocycles. The minimum absolute atomic E-state index is 0.0116. The lowest BCUT2D eigenvalue weighted by atomic mass is 10.2. The molecule has 4 heteroatoms. The maximum atomic E-state index is 10.5. The average molecular weight is 172 g/mol. The largest absolute Gasteiger partial charge is 0.477 e. The highest BCUT2D eigenvalue weighted by Gasteiger charge is 2.09. The van der Waals surface area contributed by atoms with Crippen LogP contribution in [0.4, 0.5) is 0 Å². The van der Waals surface area contributed by atoms with E-state index < -0.39 is 5.97 Å². The van der Waals surface area contributed by atoms with Gasteiger partial charge in [-0.2, -0.15) is 0 Å². The molecule has 0 aliphatic heterocycles. The zero-order valence-corrected chi connectivity index (χ0v) is 6.59. The van der Waals surface area contributed by atoms with Crippen molar-refractivity contribution in [3.8, 4) is 0 Å². The summed E-state index contributed by atoms with van der Waals surface area (Å²) in [5.41, 5.74) is 0.513. The van der Waals surface area contributed by atoms with Crippen molar-refractivity contribution >= 4 is 17.6 Å². The van der Waals surface area contributed by atoms with Crippen molar-refractivity contribution in [2.75, 3.05) is 0 Å². The maximum Gasteiger partial charge on any atom is 0.354 e. The minimum atomic E-state index is -1.05. The van der Waals surface area contributed by atoms with Gasteiger partial charge >= 0.3 is 5.97 Å². The number of pyridine rings is 1. The average Bonchev–Trinajstić information content (AvgIpc) is 1.94. The van der Waals surface area contributed by atoms with Crippen molar-refractivity contribution in [2.45, 2.75) is 6.92 Å². The Balaban J connectivity index is 3.27. The van der Waals surface area contributed by atoms with E-state index in [1.54, 1.807) is 13.0 Å². The third-order valence-corrected chi connectivity index (χ3v) is 1.75. The number of aromatic carboxylic acids is 1. The van der Waals surface area contributed by atoms with Gasteiger partial charge < -0.3 is 5.11 Å². The van der Waals surface area contributed by atoms with Gasteiger partial charge in [0, 0.05) is 16.8 Å². The molecule has 58 valence electrons. The predicted molar refractivity (Wildman–Crippen MR) is 40.9 cm³/mol. The highest BCUT2D eigenvalue weighted by atomic mass is 35.5. The van der Waals surface area contributed by atoms with E-state index in [1.165, 1.54) is 6.20 Å². The standard InChI is InChI=1S/C7H6ClNO2/c1-4-5(8)2-3-9-6(4)7(10)11/h2-3H,1H3,(H,10,11). The highest BCUT2D eigenvalue weighted by Crippen LogP contribution is 2.15. The normalized spacial score (nSPS) is 9.64. The Bertz CT molecular complexity index is 298. The van der Waals surface area contributed by atoms with Gasteiger partial charge in [0.05, 0.1) is 0 Å². The molecule has 0 fully saturated rings. The maximum absolute atomic E-state index is 10.5. The van der Waals surface area contributed by atoms with E-state index in [9.17, 15) is 4.79 Å². The quantitative estimate of drug-likeness (QED) is 0.700. The number of carboxylic acid groups (broad SMARTS) is 1. The molecule has 1 aromatic heterocycles. The number of aromatic nitrogens is 1. The molecule has 1 N–H and O–H groups in total. The summed E-state index contributed by atoms with van der Waals surface area (Å²) in [5, 5.41) is 9.00. The fraction of sp³-hybridized carbons (Fsp3) is 0.143. The molecule has 1 heterocycles. The Kier molecular flexibility index (Phi) is 2.10. The van der Waals surface area contributed by atoms with E-state index >= 15 is 0 Å². The fourth-order valence-electron chi connectivity index (χ4n) is 0.728. The second-order valence-electron chi connectivity index (χ2n) is 2.07. The summed E-state index contributed by atoms with van der Waals surface area (Å²) in [6, 6.07) is 1.56. The third kappa shape index (κ3) is 1.49. The lowest BCUT2D eigenvalue weighted by molar-refractivity contribution is 0.0689. The molecule has 0 radical (unpaired) electrons. The van der Waals surface area contributed by atoms with E-state index in [1.807, 2.05) is 0 Å². The second-order valence-corrected chi connectivity index (χ2v) is 2.48. The van der Waals surface area contributed by atoms with E-state index in [0.717, 1.165) is 0 Å². The molecule has 0 aromatic carbocycles. The fourth-order valence-corrected chi connectivity index (χ4v) is 0.874. The van der Waals surface area contributed by atoms with Crippen molar-refractivity contribution in [3.05, 3.63) is 28.5 Å². The van der Waals surface area contributed by atoms with Gasteiger partial charge in [-0.1, -0.05) is 11.6 Å². The van der Waals surface area contributed by atoms with Gasteiger partial charge in [-0.25, -0.2) is 9.78 Å². The summed E-state index contributed by atoms with van der Waals surface area (Å²) in [7, 11) is 0. The van der Waals surface area contributed by atoms with E-state index in [4.69, 9.17) is 16.7 Å². The topological polar surface area (TPSA) is 50.2 Å². The van der Waals surface area contributed by atoms with Crippen molar-refractivity contribution in [3.63, 3.8) is 0 Å². The molecule has 0 bridgehead atoms. The van der Waals surface area contributed by atoms with Crippen molar-refractivity contribution in [1.82, 2.24) is 4.98 Å². The lowest BCUT2D eigenvalue weighted by Gasteiger charge is -1.99. The Morgan fingerprint density at radius 2 is 2.36 bits per heavy atom. The van der Waals surface area contributed by atoms with Crippen molar-refractivity contribution in [2.24, 2.45) is 0 Å². The van der Waals surface area contributed by atoms with Crippen LogP contribution in [0.5, 0.6) is 0 Å². The summed E-state index contributed by atoms with van der Waals surface area (Å²) in [6.07, 6.45) is 1.37. The first-order valence-electron chi connectivity index (χ1n) is 2.97. The lowest BCUT2D eigenvalue weighted by Crippen LogP contribution is -2.02. The molecule has 0 saturated carbocycles. The molecular weight excluding hydrogens is 166 g/mol. The summed E-state index contributed by atoms with van der Waals surface area (Å²) < 4.78 is 0. The van der Waals surface area contributed by atoms with Gasteiger partial charge in [0.2, 0.25) is 0 Å². The number of rotatable bonds is 1. The van der Waals surface area contributed by atoms with Gasteiger partial charge in [-0.3, -0.25) is 0 Å². The molecule has 0 aliphatic carbocycles. The van der Waals surface area contributed by atoms with Crippen LogP contribution in [-0.2, 0) is 0 Å². The van der Waals surface area contributed by atoms with Crippen LogP contribution in [0.1, 0.15) is 16.1 Å². The number of hydrogen-bond acceptors (Lipinski definition) is 2. The van der Waals surface area contributed by atoms with E-state index in [-0.39, 0.29) is 5.69 Å². The number of carbonyl (C=O) groups is 1. The monoisotopic (exact) mass is 171 g/mol. The summed E-state index contributed by atoms with van der Waals surface area (Å²) >= 11 is 5.65. The van der Waals surface area contributed by atoms with Crippen LogP contribution in [-0.4, -0.2) is 16.1 Å². The van der Waals surface area contributed by atoms with Crippen LogP contribution in [0, 0.1) is 6.92 Å². The Labute approximate surface area is 68.6 Å². The summed E-state index contributed by atoms with van der Waals surface area (Å²) in [5.74, 6) is -1.05. The van der Waals surface area contributed by atoms with Crippen molar-refractivity contribution < 1.29 is 9.90 Å². The summed E-state index contributed by atoms with van der Waals surface area (Å²) in [4.78, 5) is 14.1. The number of hydrogen-bond donors (Lipinski definition) is 1. The van der Waals surface area contributed by atoms with Crippen LogP contribution in [0.2, 0.25) is 5.02 Å². The number of carboxylic acids is 1. The van der Waals surface area contributed by atoms with Crippen LogP contribution >= 0.6 is 11.6 Å². The molecule has 0 unspecified atom stereocenters. The molecule has 11 heavy (non-hydrogen) atoms. The predicted octanol–water partition coefficient (Wildman–Crippen LogP) is 1.74. The van der Waals surface area contributed by atoms with Gasteiger partial charge in [-0.05, 0) is 13.0 Å². The Hall–Kier alpha value is -1.09. The molecule has 0 atom stereocenters. The number of nitrogens with zero attached hydrogens (tertiary/aromatic N) is 1. The molecule has 0 spiro atoms. The zero-order valence-electron chi connectivity index (χ0n) is 5.84. The molecule has 3 nitrogen and oxygen atoms in total. The van der Waals surface area contributed by atoms with Crippen LogP contribution < -0.4 is 0 Å². The van der Waals surface area contributed by atoms with E-state index in [2.05, 4.69) is 4.98 Å². The molecular formula is C7H6ClNO2. The Morgan fingerprint density at radius 1 is 1.73 bits per heavy atom. The molecule has 1 rings (SSSR count). The van der Waals surface area contributed by atoms with Gasteiger partial charge in [0.25, 0.3) is 0 Å². The molecule has 0 amide bonds. The van der Waals surface area contributed by atoms with Crippen LogP contribution in [0.3, 0.4) is 0 Å². The van der Waals surface area contributed by atoms with Crippen molar-refractivity contribution in [1.29, 1.82) is 0 Å². The first-order valence-corrected chi connectivity index (χ1v) is 3.35. The SMILES string of the molecule is Cc1c(Cl)ccnc1C(=O)O. The first kappa shape index (κ1) is 8.01. The van der Waals surface area contributed by atoms with E-state index in [0.29, 0.717) is 10.6 Å². The number of halogens is 1. The molecule has 0 aliphatic rings. The second kappa shape index (κ2) is 2.88. The van der Waals surface area contributed by atoms with Crippen LogP contribution in [0.25, 0.3) is 0 Å². The smallest absolute Gasteiger partial charge is 0.354 e. The zero-order chi connectivity index (χ0) is 8.43. The van der Waals surface area contributed by atoms with Gasteiger partial charge in [0.1, 0.15) is 0 Å². The highest BCUT2D eigenvalue weighted by molar-refractivity contribution is 6.31. The van der Waals surface area contributed by atoms with Gasteiger partial charge in [-0.15, -0.1) is 0 Å². The first-order chi connectivity index (χ1) is 5.13. The Morgan fingerprint density at radius 3 is 2.82 bits per heavy atom. The van der Waals surface area contributed by atoms with Gasteiger partial charge in [0.15, 0.2) is 5.69 Å². The molecule has 1 aromatic rings. The third-order valence-electron chi connectivity index (χ3n) is 1.34. The minimum Gasteiger partial charge on any atom is -0.477 e. The van der Waals surface area contributed by atoms with Crippen LogP contribution in [0.15, 0.2) is 12.3 Å².